The number of carbonyl (C=O) groups excluding carboxylic acids is 1. The summed E-state index contributed by atoms with van der Waals surface area (Å²) in [6, 6.07) is 15.4. The van der Waals surface area contributed by atoms with E-state index in [2.05, 4.69) is 26.6 Å². The molecule has 2 fully saturated rings. The molecule has 3 amide bonds. The Labute approximate surface area is 292 Å². The van der Waals surface area contributed by atoms with Crippen LogP contribution >= 0.6 is 0 Å². The summed E-state index contributed by atoms with van der Waals surface area (Å²) < 4.78 is 55.5. The van der Waals surface area contributed by atoms with Crippen molar-refractivity contribution in [2.45, 2.75) is 45.9 Å². The fourth-order valence-corrected chi connectivity index (χ4v) is 6.86. The number of urea groups is 1. The molecular formula is C34H45F2N8O5S. The zero-order valence-electron chi connectivity index (χ0n) is 28.9. The molecule has 0 aliphatic carbocycles. The van der Waals surface area contributed by atoms with Gasteiger partial charge < -0.3 is 20.6 Å². The standard InChI is InChI=1S/C20H24FN5O3.C14H21FN3O2S/c1-13-6-7-16(10-22-13)23-19(27)24-17-5-3-4-15(18(17)21)12-25-8-9-26(20(28)29)11-14(25)2;1-12-10-18(21(19,20)16(2)3)9-8-17(12)11-13-6-4-5-7-14(13)15/h3-7,10,14H,8-9,11-12H2,1-2H3,(H,28,29)(H2,23,24,27);4-6,12H,8-11H2,1-3H3/t14-;12-/m00/s1. The molecule has 16 heteroatoms. The van der Waals surface area contributed by atoms with Gasteiger partial charge in [-0.05, 0) is 39.0 Å². The van der Waals surface area contributed by atoms with Gasteiger partial charge in [0.25, 0.3) is 10.2 Å². The minimum atomic E-state index is -3.38. The third kappa shape index (κ3) is 10.2. The van der Waals surface area contributed by atoms with E-state index in [1.54, 1.807) is 42.5 Å². The predicted molar refractivity (Wildman–Crippen MR) is 187 cm³/mol. The lowest BCUT2D eigenvalue weighted by atomic mass is 10.1. The molecule has 2 saturated heterocycles. The fourth-order valence-electron chi connectivity index (χ4n) is 5.68. The lowest BCUT2D eigenvalue weighted by molar-refractivity contribution is 0.0706. The molecule has 2 aliphatic heterocycles. The Morgan fingerprint density at radius 3 is 2.20 bits per heavy atom. The highest BCUT2D eigenvalue weighted by Gasteiger charge is 2.32. The minimum absolute atomic E-state index is 0.0341. The highest BCUT2D eigenvalue weighted by Crippen LogP contribution is 2.23. The number of amides is 3. The lowest BCUT2D eigenvalue weighted by Gasteiger charge is -2.39. The van der Waals surface area contributed by atoms with E-state index in [0.717, 1.165) is 5.69 Å². The quantitative estimate of drug-likeness (QED) is 0.314. The topological polar surface area (TPSA) is 142 Å². The van der Waals surface area contributed by atoms with Crippen LogP contribution in [-0.4, -0.2) is 119 Å². The number of pyridine rings is 1. The van der Waals surface area contributed by atoms with Crippen LogP contribution in [0.15, 0.2) is 54.7 Å². The lowest BCUT2D eigenvalue weighted by Crippen LogP contribution is -2.55. The highest BCUT2D eigenvalue weighted by molar-refractivity contribution is 7.86. The van der Waals surface area contributed by atoms with E-state index in [9.17, 15) is 26.8 Å². The van der Waals surface area contributed by atoms with Crippen molar-refractivity contribution in [3.63, 3.8) is 0 Å². The molecule has 0 unspecified atom stereocenters. The van der Waals surface area contributed by atoms with Gasteiger partial charge in [-0.1, -0.05) is 30.3 Å². The van der Waals surface area contributed by atoms with E-state index in [0.29, 0.717) is 69.2 Å². The summed E-state index contributed by atoms with van der Waals surface area (Å²) in [5.41, 5.74) is 2.45. The van der Waals surface area contributed by atoms with Gasteiger partial charge in [-0.3, -0.25) is 14.8 Å². The summed E-state index contributed by atoms with van der Waals surface area (Å²) in [6.07, 6.45) is 0.587. The van der Waals surface area contributed by atoms with E-state index in [-0.39, 0.29) is 23.6 Å². The van der Waals surface area contributed by atoms with Gasteiger partial charge in [-0.25, -0.2) is 18.4 Å². The molecule has 1 aromatic heterocycles. The second-order valence-corrected chi connectivity index (χ2v) is 14.7. The highest BCUT2D eigenvalue weighted by atomic mass is 32.2. The van der Waals surface area contributed by atoms with Crippen LogP contribution in [0.4, 0.5) is 29.7 Å². The van der Waals surface area contributed by atoms with Crippen LogP contribution in [0.3, 0.4) is 0 Å². The van der Waals surface area contributed by atoms with Gasteiger partial charge in [-0.15, -0.1) is 0 Å². The number of aromatic nitrogens is 1. The fraction of sp³-hybridized carbons (Fsp3) is 0.441. The van der Waals surface area contributed by atoms with Gasteiger partial charge in [0.1, 0.15) is 5.82 Å². The van der Waals surface area contributed by atoms with E-state index in [1.807, 2.05) is 25.7 Å². The smallest absolute Gasteiger partial charge is 0.407 e. The van der Waals surface area contributed by atoms with Crippen molar-refractivity contribution >= 4 is 33.7 Å². The Balaban J connectivity index is 0.000000237. The Bertz CT molecular complexity index is 1730. The van der Waals surface area contributed by atoms with Crippen LogP contribution in [0.5, 0.6) is 0 Å². The van der Waals surface area contributed by atoms with Gasteiger partial charge in [0.2, 0.25) is 0 Å². The van der Waals surface area contributed by atoms with Crippen LogP contribution in [-0.2, 0) is 23.3 Å². The minimum Gasteiger partial charge on any atom is -0.465 e. The molecule has 271 valence electrons. The zero-order chi connectivity index (χ0) is 36.6. The number of aryl methyl sites for hydroxylation is 1. The summed E-state index contributed by atoms with van der Waals surface area (Å²) in [4.78, 5) is 32.9. The van der Waals surface area contributed by atoms with Crippen LogP contribution < -0.4 is 10.6 Å². The van der Waals surface area contributed by atoms with Gasteiger partial charge >= 0.3 is 12.1 Å². The number of anilines is 2. The summed E-state index contributed by atoms with van der Waals surface area (Å²) in [5.74, 6) is -0.842. The molecule has 13 nitrogen and oxygen atoms in total. The van der Waals surface area contributed by atoms with Crippen molar-refractivity contribution in [3.05, 3.63) is 89.2 Å². The number of hydrogen-bond donors (Lipinski definition) is 3. The molecule has 3 N–H and O–H groups in total. The molecule has 3 heterocycles. The molecule has 5 rings (SSSR count). The maximum atomic E-state index is 14.9. The molecule has 2 atom stereocenters. The van der Waals surface area contributed by atoms with Gasteiger partial charge in [-0.2, -0.15) is 17.0 Å². The monoisotopic (exact) mass is 715 g/mol. The first-order chi connectivity index (χ1) is 23.6. The first-order valence-corrected chi connectivity index (χ1v) is 17.6. The maximum absolute atomic E-state index is 14.9. The predicted octanol–water partition coefficient (Wildman–Crippen LogP) is 4.30. The average Bonchev–Trinajstić information content (AvgIpc) is 3.07. The molecule has 3 aromatic rings. The maximum Gasteiger partial charge on any atom is 0.407 e. The number of nitrogens with zero attached hydrogens (tertiary/aromatic N) is 6. The van der Waals surface area contributed by atoms with Crippen molar-refractivity contribution < 1.29 is 31.9 Å². The van der Waals surface area contributed by atoms with Gasteiger partial charge in [0.15, 0.2) is 5.82 Å². The summed E-state index contributed by atoms with van der Waals surface area (Å²) in [7, 11) is -0.319. The number of piperazine rings is 2. The second-order valence-electron chi connectivity index (χ2n) is 12.6. The zero-order valence-corrected chi connectivity index (χ0v) is 29.8. The molecule has 0 saturated carbocycles. The molecule has 2 aliphatic rings. The Morgan fingerprint density at radius 2 is 1.60 bits per heavy atom. The number of rotatable bonds is 8. The average molecular weight is 716 g/mol. The normalized spacial score (nSPS) is 19.1. The SMILES string of the molecule is C[C@H]1CN(S(=O)(=O)N(C)C)CCN1Cc1ccc[c]c1F.Cc1ccc(NC(=O)Nc2cccc(CN3CCN(C(=O)O)C[C@@H]3C)c2F)cn1. The molecule has 1 radical (unpaired) electrons. The van der Waals surface area contributed by atoms with Crippen LogP contribution in [0.2, 0.25) is 0 Å². The first-order valence-electron chi connectivity index (χ1n) is 16.2. The van der Waals surface area contributed by atoms with Crippen molar-refractivity contribution in [3.8, 4) is 0 Å². The molecular weight excluding hydrogens is 670 g/mol. The van der Waals surface area contributed by atoms with Crippen molar-refractivity contribution in [1.82, 2.24) is 28.3 Å². The Kier molecular flexibility index (Phi) is 13.2. The largest absolute Gasteiger partial charge is 0.465 e. The summed E-state index contributed by atoms with van der Waals surface area (Å²) >= 11 is 0. The third-order valence-electron chi connectivity index (χ3n) is 8.68. The van der Waals surface area contributed by atoms with E-state index < -0.39 is 28.2 Å². The Morgan fingerprint density at radius 1 is 0.940 bits per heavy atom. The third-order valence-corrected chi connectivity index (χ3v) is 10.6. The van der Waals surface area contributed by atoms with Crippen LogP contribution in [0.1, 0.15) is 30.7 Å². The van der Waals surface area contributed by atoms with Crippen molar-refractivity contribution in [1.29, 1.82) is 0 Å². The van der Waals surface area contributed by atoms with E-state index >= 15 is 0 Å². The summed E-state index contributed by atoms with van der Waals surface area (Å²) in [6.45, 7) is 9.22. The number of carbonyl (C=O) groups is 2. The number of halogens is 2. The molecule has 0 spiro atoms. The second kappa shape index (κ2) is 17.1. The van der Waals surface area contributed by atoms with Crippen LogP contribution in [0, 0.1) is 24.6 Å². The summed E-state index contributed by atoms with van der Waals surface area (Å²) in [5, 5.41) is 14.3. The van der Waals surface area contributed by atoms with E-state index in [4.69, 9.17) is 5.11 Å². The molecule has 2 aromatic carbocycles. The van der Waals surface area contributed by atoms with Crippen molar-refractivity contribution in [2.75, 3.05) is 64.0 Å². The first kappa shape index (κ1) is 38.6. The number of benzene rings is 2. The number of nitrogens with one attached hydrogen (secondary N) is 2. The molecule has 50 heavy (non-hydrogen) atoms. The van der Waals surface area contributed by atoms with Crippen LogP contribution in [0.25, 0.3) is 0 Å². The number of hydrogen-bond acceptors (Lipinski definition) is 7. The number of carboxylic acid groups (broad SMARTS) is 1. The van der Waals surface area contributed by atoms with Gasteiger partial charge in [0, 0.05) is 101 Å². The Hall–Kier alpha value is -4.22. The molecule has 0 bridgehead atoms. The van der Waals surface area contributed by atoms with E-state index in [1.165, 1.54) is 39.9 Å². The van der Waals surface area contributed by atoms with Crippen molar-refractivity contribution in [2.24, 2.45) is 0 Å². The van der Waals surface area contributed by atoms with Gasteiger partial charge in [0.05, 0.1) is 17.6 Å².